The fourth-order valence-electron chi connectivity index (χ4n) is 3.91. The van der Waals surface area contributed by atoms with Crippen molar-refractivity contribution in [2.75, 3.05) is 6.61 Å². The fraction of sp³-hybridized carbons (Fsp3) is 0.222. The van der Waals surface area contributed by atoms with Gasteiger partial charge in [0.1, 0.15) is 11.5 Å². The minimum absolute atomic E-state index is 0.0785. The summed E-state index contributed by atoms with van der Waals surface area (Å²) in [6.45, 7) is 2.92. The van der Waals surface area contributed by atoms with Gasteiger partial charge in [0.25, 0.3) is 11.7 Å². The molecule has 0 saturated carbocycles. The van der Waals surface area contributed by atoms with Crippen LogP contribution < -0.4 is 4.74 Å². The van der Waals surface area contributed by atoms with Crippen molar-refractivity contribution in [3.05, 3.63) is 101 Å². The third kappa shape index (κ3) is 4.80. The first-order valence-electron chi connectivity index (χ1n) is 11.1. The van der Waals surface area contributed by atoms with Gasteiger partial charge in [-0.05, 0) is 47.9 Å². The zero-order valence-electron chi connectivity index (χ0n) is 18.5. The molecular weight excluding hydrogens is 416 g/mol. The van der Waals surface area contributed by atoms with Gasteiger partial charge in [0.2, 0.25) is 0 Å². The topological polar surface area (TPSA) is 79.7 Å². The standard InChI is InChI=1S/C27H26N2O4/c1-2-3-16-33-22-13-11-21(12-14-22)25(30)23-24(20-9-5-4-6-10-20)29(27(32)26(23)31)18-19-8-7-15-28-17-19/h4-15,17,24,30H,2-3,16,18H2,1H3/b25-23+/t24-/m1/s1. The normalized spacial score (nSPS) is 17.4. The highest BCUT2D eigenvalue weighted by Crippen LogP contribution is 2.40. The lowest BCUT2D eigenvalue weighted by Gasteiger charge is -2.25. The minimum atomic E-state index is -0.702. The Morgan fingerprint density at radius 3 is 2.45 bits per heavy atom. The van der Waals surface area contributed by atoms with Gasteiger partial charge >= 0.3 is 0 Å². The first-order chi connectivity index (χ1) is 16.1. The van der Waals surface area contributed by atoms with E-state index in [9.17, 15) is 14.7 Å². The Kier molecular flexibility index (Phi) is 6.83. The third-order valence-electron chi connectivity index (χ3n) is 5.63. The lowest BCUT2D eigenvalue weighted by atomic mass is 9.95. The highest BCUT2D eigenvalue weighted by Gasteiger charge is 2.46. The number of benzene rings is 2. The number of hydrogen-bond acceptors (Lipinski definition) is 5. The Bertz CT molecular complexity index is 1140. The maximum atomic E-state index is 13.1. The molecule has 33 heavy (non-hydrogen) atoms. The van der Waals surface area contributed by atoms with Gasteiger partial charge in [-0.1, -0.05) is 49.7 Å². The molecular formula is C27H26N2O4. The Labute approximate surface area is 193 Å². The summed E-state index contributed by atoms with van der Waals surface area (Å²) in [6, 6.07) is 19.1. The van der Waals surface area contributed by atoms with Crippen LogP contribution in [-0.4, -0.2) is 33.3 Å². The first-order valence-corrected chi connectivity index (χ1v) is 11.1. The van der Waals surface area contributed by atoms with Gasteiger partial charge in [0, 0.05) is 24.5 Å². The van der Waals surface area contributed by atoms with Crippen LogP contribution in [0.25, 0.3) is 5.76 Å². The molecule has 1 fully saturated rings. The number of likely N-dealkylation sites (tertiary alicyclic amines) is 1. The summed E-state index contributed by atoms with van der Waals surface area (Å²) in [4.78, 5) is 31.7. The summed E-state index contributed by atoms with van der Waals surface area (Å²) < 4.78 is 5.69. The number of ether oxygens (including phenoxy) is 1. The minimum Gasteiger partial charge on any atom is -0.507 e. The summed E-state index contributed by atoms with van der Waals surface area (Å²) in [6.07, 6.45) is 5.32. The first kappa shape index (κ1) is 22.3. The summed E-state index contributed by atoms with van der Waals surface area (Å²) in [7, 11) is 0. The van der Waals surface area contributed by atoms with Crippen LogP contribution in [0.15, 0.2) is 84.7 Å². The average molecular weight is 443 g/mol. The van der Waals surface area contributed by atoms with Crippen LogP contribution >= 0.6 is 0 Å². The number of aliphatic hydroxyl groups is 1. The van der Waals surface area contributed by atoms with Gasteiger partial charge in [-0.15, -0.1) is 0 Å². The Morgan fingerprint density at radius 2 is 1.79 bits per heavy atom. The number of rotatable bonds is 8. The highest BCUT2D eigenvalue weighted by molar-refractivity contribution is 6.46. The number of carbonyl (C=O) groups is 2. The molecule has 1 atom stereocenters. The number of hydrogen-bond donors (Lipinski definition) is 1. The summed E-state index contributed by atoms with van der Waals surface area (Å²) in [5.41, 5.74) is 2.09. The maximum Gasteiger partial charge on any atom is 0.295 e. The number of Topliss-reactive ketones (excluding diaryl/α,β-unsaturated/α-hetero) is 1. The van der Waals surface area contributed by atoms with Gasteiger partial charge in [-0.25, -0.2) is 0 Å². The number of aliphatic hydroxyl groups excluding tert-OH is 1. The Hall–Kier alpha value is -3.93. The lowest BCUT2D eigenvalue weighted by Crippen LogP contribution is -2.29. The molecule has 1 aliphatic rings. The molecule has 1 saturated heterocycles. The molecule has 1 N–H and O–H groups in total. The van der Waals surface area contributed by atoms with Crippen molar-refractivity contribution in [2.45, 2.75) is 32.4 Å². The van der Waals surface area contributed by atoms with E-state index in [2.05, 4.69) is 11.9 Å². The number of nitrogens with zero attached hydrogens (tertiary/aromatic N) is 2. The summed E-state index contributed by atoms with van der Waals surface area (Å²) >= 11 is 0. The predicted molar refractivity (Wildman–Crippen MR) is 125 cm³/mol. The van der Waals surface area contributed by atoms with Crippen molar-refractivity contribution in [1.29, 1.82) is 0 Å². The van der Waals surface area contributed by atoms with Gasteiger partial charge < -0.3 is 14.7 Å². The van der Waals surface area contributed by atoms with E-state index in [1.807, 2.05) is 36.4 Å². The van der Waals surface area contributed by atoms with Crippen LogP contribution in [-0.2, 0) is 16.1 Å². The Morgan fingerprint density at radius 1 is 1.03 bits per heavy atom. The summed E-state index contributed by atoms with van der Waals surface area (Å²) in [5, 5.41) is 11.2. The molecule has 168 valence electrons. The van der Waals surface area contributed by atoms with E-state index in [-0.39, 0.29) is 17.9 Å². The molecule has 1 amide bonds. The van der Waals surface area contributed by atoms with Crippen LogP contribution in [0, 0.1) is 0 Å². The second-order valence-electron chi connectivity index (χ2n) is 7.93. The molecule has 0 radical (unpaired) electrons. The Balaban J connectivity index is 1.72. The van der Waals surface area contributed by atoms with Gasteiger partial charge in [0.15, 0.2) is 0 Å². The van der Waals surface area contributed by atoms with E-state index in [1.54, 1.807) is 42.7 Å². The SMILES string of the molecule is CCCCOc1ccc(/C(O)=C2\C(=O)C(=O)N(Cc3cccnc3)[C@@H]2c2ccccc2)cc1. The number of pyridine rings is 1. The van der Waals surface area contributed by atoms with Crippen LogP contribution in [0.5, 0.6) is 5.75 Å². The zero-order chi connectivity index (χ0) is 23.2. The van der Waals surface area contributed by atoms with Gasteiger partial charge in [-0.3, -0.25) is 14.6 Å². The summed E-state index contributed by atoms with van der Waals surface area (Å²) in [5.74, 6) is -0.852. The second-order valence-corrected chi connectivity index (χ2v) is 7.93. The number of carbonyl (C=O) groups excluding carboxylic acids is 2. The smallest absolute Gasteiger partial charge is 0.295 e. The number of unbranched alkanes of at least 4 members (excludes halogenated alkanes) is 1. The van der Waals surface area contributed by atoms with Crippen LogP contribution in [0.1, 0.15) is 42.5 Å². The van der Waals surface area contributed by atoms with Crippen molar-refractivity contribution >= 4 is 17.4 Å². The molecule has 1 aromatic heterocycles. The highest BCUT2D eigenvalue weighted by atomic mass is 16.5. The largest absolute Gasteiger partial charge is 0.507 e. The molecule has 0 aliphatic carbocycles. The molecule has 6 heteroatoms. The van der Waals surface area contributed by atoms with E-state index in [0.29, 0.717) is 17.9 Å². The van der Waals surface area contributed by atoms with Crippen molar-refractivity contribution in [2.24, 2.45) is 0 Å². The van der Waals surface area contributed by atoms with Crippen molar-refractivity contribution in [3.8, 4) is 5.75 Å². The molecule has 2 heterocycles. The van der Waals surface area contributed by atoms with Gasteiger partial charge in [0.05, 0.1) is 18.2 Å². The van der Waals surface area contributed by atoms with Gasteiger partial charge in [-0.2, -0.15) is 0 Å². The predicted octanol–water partition coefficient (Wildman–Crippen LogP) is 4.88. The maximum absolute atomic E-state index is 13.1. The van der Waals surface area contributed by atoms with E-state index in [0.717, 1.165) is 24.0 Å². The molecule has 2 aromatic carbocycles. The molecule has 3 aromatic rings. The number of aromatic nitrogens is 1. The van der Waals surface area contributed by atoms with Crippen molar-refractivity contribution < 1.29 is 19.4 Å². The van der Waals surface area contributed by atoms with E-state index in [4.69, 9.17) is 4.74 Å². The van der Waals surface area contributed by atoms with E-state index < -0.39 is 17.7 Å². The molecule has 0 spiro atoms. The average Bonchev–Trinajstić information content (AvgIpc) is 3.10. The fourth-order valence-corrected chi connectivity index (χ4v) is 3.91. The number of ketones is 1. The van der Waals surface area contributed by atoms with Crippen LogP contribution in [0.4, 0.5) is 0 Å². The monoisotopic (exact) mass is 442 g/mol. The van der Waals surface area contributed by atoms with Crippen molar-refractivity contribution in [1.82, 2.24) is 9.88 Å². The molecule has 0 bridgehead atoms. The quantitative estimate of drug-likeness (QED) is 0.233. The molecule has 1 aliphatic heterocycles. The third-order valence-corrected chi connectivity index (χ3v) is 5.63. The van der Waals surface area contributed by atoms with Crippen molar-refractivity contribution in [3.63, 3.8) is 0 Å². The molecule has 0 unspecified atom stereocenters. The van der Waals surface area contributed by atoms with Crippen LogP contribution in [0.2, 0.25) is 0 Å². The van der Waals surface area contributed by atoms with E-state index in [1.165, 1.54) is 4.90 Å². The molecule has 4 rings (SSSR count). The lowest BCUT2D eigenvalue weighted by molar-refractivity contribution is -0.140. The van der Waals surface area contributed by atoms with Crippen LogP contribution in [0.3, 0.4) is 0 Å². The van der Waals surface area contributed by atoms with E-state index >= 15 is 0 Å². The second kappa shape index (κ2) is 10.1. The number of amides is 1. The zero-order valence-corrected chi connectivity index (χ0v) is 18.5. The molecule has 6 nitrogen and oxygen atoms in total.